The molecule has 0 saturated carbocycles. The Morgan fingerprint density at radius 1 is 1.31 bits per heavy atom. The Hall–Kier alpha value is -2.01. The molecule has 2 aromatic rings. The van der Waals surface area contributed by atoms with Crippen molar-refractivity contribution < 1.29 is 9.90 Å². The second-order valence-corrected chi connectivity index (χ2v) is 3.27. The molecule has 1 heterocycles. The first-order chi connectivity index (χ1) is 7.81. The second kappa shape index (κ2) is 4.67. The van der Waals surface area contributed by atoms with Gasteiger partial charge in [0.25, 0.3) is 5.91 Å². The number of nitrogens with one attached hydrogen (secondary N) is 1. The molecule has 0 fully saturated rings. The highest BCUT2D eigenvalue weighted by atomic mass is 16.3. The van der Waals surface area contributed by atoms with Crippen LogP contribution in [0.1, 0.15) is 10.5 Å². The molecule has 0 radical (unpaired) electrons. The zero-order valence-corrected chi connectivity index (χ0v) is 8.55. The second-order valence-electron chi connectivity index (χ2n) is 3.27. The van der Waals surface area contributed by atoms with Crippen molar-refractivity contribution in [2.75, 3.05) is 13.2 Å². The number of hydrogen-bond donors (Lipinski definition) is 2. The molecular formula is C11H11N3O2. The molecule has 0 aliphatic heterocycles. The van der Waals surface area contributed by atoms with Crippen LogP contribution in [0.2, 0.25) is 0 Å². The fourth-order valence-corrected chi connectivity index (χ4v) is 1.36. The van der Waals surface area contributed by atoms with E-state index in [1.807, 2.05) is 24.3 Å². The van der Waals surface area contributed by atoms with Gasteiger partial charge < -0.3 is 10.4 Å². The van der Waals surface area contributed by atoms with E-state index in [-0.39, 0.29) is 24.8 Å². The van der Waals surface area contributed by atoms with Gasteiger partial charge in [0, 0.05) is 11.9 Å². The summed E-state index contributed by atoms with van der Waals surface area (Å²) in [6.07, 6.45) is 0. The van der Waals surface area contributed by atoms with E-state index in [4.69, 9.17) is 5.11 Å². The van der Waals surface area contributed by atoms with E-state index in [0.717, 1.165) is 10.9 Å². The number of hydrogen-bond acceptors (Lipinski definition) is 4. The van der Waals surface area contributed by atoms with Crippen LogP contribution in [0.25, 0.3) is 10.9 Å². The fourth-order valence-electron chi connectivity index (χ4n) is 1.36. The third-order valence-corrected chi connectivity index (χ3v) is 2.12. The van der Waals surface area contributed by atoms with Gasteiger partial charge in [0.05, 0.1) is 12.1 Å². The molecule has 2 rings (SSSR count). The Morgan fingerprint density at radius 3 is 2.94 bits per heavy atom. The maximum atomic E-state index is 11.5. The van der Waals surface area contributed by atoms with Crippen LogP contribution in [0, 0.1) is 0 Å². The molecule has 5 nitrogen and oxygen atoms in total. The van der Waals surface area contributed by atoms with E-state index in [1.165, 1.54) is 0 Å². The number of aliphatic hydroxyl groups is 1. The van der Waals surface area contributed by atoms with Crippen LogP contribution in [0.4, 0.5) is 0 Å². The minimum atomic E-state index is -0.327. The smallest absolute Gasteiger partial charge is 0.271 e. The Labute approximate surface area is 92.1 Å². The average molecular weight is 217 g/mol. The van der Waals surface area contributed by atoms with E-state index in [9.17, 15) is 4.79 Å². The van der Waals surface area contributed by atoms with Crippen molar-refractivity contribution in [2.45, 2.75) is 0 Å². The van der Waals surface area contributed by atoms with Crippen molar-refractivity contribution in [3.05, 3.63) is 36.0 Å². The summed E-state index contributed by atoms with van der Waals surface area (Å²) >= 11 is 0. The van der Waals surface area contributed by atoms with Crippen molar-refractivity contribution in [1.29, 1.82) is 0 Å². The van der Waals surface area contributed by atoms with Gasteiger partial charge >= 0.3 is 0 Å². The summed E-state index contributed by atoms with van der Waals surface area (Å²) in [6.45, 7) is 0.125. The molecule has 0 unspecified atom stereocenters. The molecule has 0 aliphatic carbocycles. The van der Waals surface area contributed by atoms with Crippen molar-refractivity contribution in [1.82, 2.24) is 15.5 Å². The zero-order valence-electron chi connectivity index (χ0n) is 8.55. The van der Waals surface area contributed by atoms with Gasteiger partial charge in [-0.2, -0.15) is 0 Å². The molecule has 2 N–H and O–H groups in total. The van der Waals surface area contributed by atoms with Gasteiger partial charge in [0.2, 0.25) is 0 Å². The standard InChI is InChI=1S/C11H11N3O2/c15-6-5-12-11(16)10-7-8-3-1-2-4-9(8)13-14-10/h1-4,7,15H,5-6H2,(H,12,16). The third-order valence-electron chi connectivity index (χ3n) is 2.12. The summed E-state index contributed by atoms with van der Waals surface area (Å²) in [6, 6.07) is 9.11. The Balaban J connectivity index is 2.28. The van der Waals surface area contributed by atoms with E-state index in [2.05, 4.69) is 15.5 Å². The van der Waals surface area contributed by atoms with Crippen LogP contribution in [0.5, 0.6) is 0 Å². The maximum absolute atomic E-state index is 11.5. The summed E-state index contributed by atoms with van der Waals surface area (Å²) in [5, 5.41) is 19.7. The van der Waals surface area contributed by atoms with Gasteiger partial charge in [0.15, 0.2) is 5.69 Å². The van der Waals surface area contributed by atoms with Crippen LogP contribution >= 0.6 is 0 Å². The molecule has 1 aromatic heterocycles. The van der Waals surface area contributed by atoms with Crippen LogP contribution in [-0.2, 0) is 0 Å². The highest BCUT2D eigenvalue weighted by Crippen LogP contribution is 2.10. The van der Waals surface area contributed by atoms with Crippen molar-refractivity contribution in [3.8, 4) is 0 Å². The normalized spacial score (nSPS) is 10.3. The predicted molar refractivity (Wildman–Crippen MR) is 59.0 cm³/mol. The molecule has 82 valence electrons. The third kappa shape index (κ3) is 2.14. The fraction of sp³-hybridized carbons (Fsp3) is 0.182. The summed E-state index contributed by atoms with van der Waals surface area (Å²) in [5.41, 5.74) is 1.01. The summed E-state index contributed by atoms with van der Waals surface area (Å²) in [5.74, 6) is -0.327. The SMILES string of the molecule is O=C(NCCO)c1cc2ccccc2nn1. The highest BCUT2D eigenvalue weighted by molar-refractivity contribution is 5.95. The summed E-state index contributed by atoms with van der Waals surface area (Å²) < 4.78 is 0. The Kier molecular flexibility index (Phi) is 3.07. The van der Waals surface area contributed by atoms with Gasteiger partial charge in [-0.1, -0.05) is 18.2 Å². The number of nitrogens with zero attached hydrogens (tertiary/aromatic N) is 2. The number of aliphatic hydroxyl groups excluding tert-OH is 1. The lowest BCUT2D eigenvalue weighted by Crippen LogP contribution is -2.27. The van der Waals surface area contributed by atoms with Crippen LogP contribution in [0.15, 0.2) is 30.3 Å². The Morgan fingerprint density at radius 2 is 2.12 bits per heavy atom. The largest absolute Gasteiger partial charge is 0.395 e. The molecular weight excluding hydrogens is 206 g/mol. The number of carbonyl (C=O) groups excluding carboxylic acids is 1. The summed E-state index contributed by atoms with van der Waals surface area (Å²) in [7, 11) is 0. The molecule has 0 atom stereocenters. The van der Waals surface area contributed by atoms with E-state index >= 15 is 0 Å². The monoisotopic (exact) mass is 217 g/mol. The van der Waals surface area contributed by atoms with Gasteiger partial charge in [-0.05, 0) is 12.1 Å². The lowest BCUT2D eigenvalue weighted by Gasteiger charge is -2.02. The maximum Gasteiger partial charge on any atom is 0.271 e. The van der Waals surface area contributed by atoms with E-state index in [0.29, 0.717) is 0 Å². The average Bonchev–Trinajstić information content (AvgIpc) is 2.35. The molecule has 5 heteroatoms. The Bertz CT molecular complexity index is 513. The number of carbonyl (C=O) groups is 1. The number of benzene rings is 1. The molecule has 0 saturated heterocycles. The summed E-state index contributed by atoms with van der Waals surface area (Å²) in [4.78, 5) is 11.5. The first kappa shape index (κ1) is 10.5. The van der Waals surface area contributed by atoms with Crippen LogP contribution in [-0.4, -0.2) is 34.4 Å². The minimum Gasteiger partial charge on any atom is -0.395 e. The lowest BCUT2D eigenvalue weighted by atomic mass is 10.2. The first-order valence-electron chi connectivity index (χ1n) is 4.93. The molecule has 0 spiro atoms. The van der Waals surface area contributed by atoms with Crippen LogP contribution in [0.3, 0.4) is 0 Å². The lowest BCUT2D eigenvalue weighted by molar-refractivity contribution is 0.0939. The quantitative estimate of drug-likeness (QED) is 0.778. The topological polar surface area (TPSA) is 75.1 Å². The molecule has 1 aromatic carbocycles. The number of amides is 1. The number of fused-ring (bicyclic) bond motifs is 1. The molecule has 1 amide bonds. The predicted octanol–water partition coefficient (Wildman–Crippen LogP) is 0.352. The molecule has 0 bridgehead atoms. The first-order valence-corrected chi connectivity index (χ1v) is 4.93. The van der Waals surface area contributed by atoms with E-state index in [1.54, 1.807) is 6.07 Å². The number of aromatic nitrogens is 2. The highest BCUT2D eigenvalue weighted by Gasteiger charge is 2.07. The number of rotatable bonds is 3. The van der Waals surface area contributed by atoms with Crippen LogP contribution < -0.4 is 5.32 Å². The van der Waals surface area contributed by atoms with Gasteiger partial charge in [-0.3, -0.25) is 4.79 Å². The van der Waals surface area contributed by atoms with Gasteiger partial charge in [0.1, 0.15) is 0 Å². The van der Waals surface area contributed by atoms with Crippen molar-refractivity contribution >= 4 is 16.8 Å². The van der Waals surface area contributed by atoms with Gasteiger partial charge in [-0.15, -0.1) is 10.2 Å². The molecule has 0 aliphatic rings. The molecule has 16 heavy (non-hydrogen) atoms. The van der Waals surface area contributed by atoms with E-state index < -0.39 is 0 Å². The van der Waals surface area contributed by atoms with Gasteiger partial charge in [-0.25, -0.2) is 0 Å². The zero-order chi connectivity index (χ0) is 11.4. The van der Waals surface area contributed by atoms with Crippen molar-refractivity contribution in [2.24, 2.45) is 0 Å². The van der Waals surface area contributed by atoms with Crippen molar-refractivity contribution in [3.63, 3.8) is 0 Å². The minimum absolute atomic E-state index is 0.0905.